The van der Waals surface area contributed by atoms with Crippen LogP contribution in [-0.2, 0) is 10.0 Å². The minimum Gasteiger partial charge on any atom is -0.262 e. The fourth-order valence-corrected chi connectivity index (χ4v) is 4.82. The summed E-state index contributed by atoms with van der Waals surface area (Å²) in [5, 5.41) is 6.38. The second-order valence-electron chi connectivity index (χ2n) is 5.07. The average Bonchev–Trinajstić information content (AvgIpc) is 3.01. The lowest BCUT2D eigenvalue weighted by Gasteiger charge is -2.33. The molecule has 118 valence electrons. The lowest BCUT2D eigenvalue weighted by atomic mass is 10.0. The third kappa shape index (κ3) is 2.73. The van der Waals surface area contributed by atoms with Crippen molar-refractivity contribution < 1.29 is 12.8 Å². The number of rotatable bonds is 3. The van der Waals surface area contributed by atoms with Gasteiger partial charge in [-0.25, -0.2) is 17.8 Å². The van der Waals surface area contributed by atoms with Crippen LogP contribution in [0.25, 0.3) is 0 Å². The number of piperidine rings is 1. The largest absolute Gasteiger partial charge is 0.262 e. The number of aromatic nitrogens is 3. The van der Waals surface area contributed by atoms with Gasteiger partial charge in [-0.05, 0) is 31.0 Å². The lowest BCUT2D eigenvalue weighted by Crippen LogP contribution is -2.39. The molecular weight excluding hydrogens is 331 g/mol. The summed E-state index contributed by atoms with van der Waals surface area (Å²) in [5.41, 5.74) is 0. The zero-order valence-corrected chi connectivity index (χ0v) is 13.1. The average molecular weight is 345 g/mol. The smallest absolute Gasteiger partial charge is 0.245 e. The number of nitrogens with zero attached hydrogens (tertiary/aromatic N) is 3. The van der Waals surface area contributed by atoms with Gasteiger partial charge in [0.25, 0.3) is 0 Å². The Bertz CT molecular complexity index is 766. The molecule has 1 aromatic carbocycles. The van der Waals surface area contributed by atoms with Crippen LogP contribution in [0.15, 0.2) is 29.4 Å². The van der Waals surface area contributed by atoms with E-state index in [0.29, 0.717) is 18.8 Å². The summed E-state index contributed by atoms with van der Waals surface area (Å²) in [6.07, 6.45) is 3.64. The van der Waals surface area contributed by atoms with Gasteiger partial charge in [0.2, 0.25) is 10.0 Å². The Hall–Kier alpha value is -1.51. The fourth-order valence-electron chi connectivity index (χ4n) is 2.65. The van der Waals surface area contributed by atoms with Gasteiger partial charge in [-0.1, -0.05) is 18.0 Å². The minimum absolute atomic E-state index is 0.0954. The summed E-state index contributed by atoms with van der Waals surface area (Å²) >= 11 is 5.92. The molecule has 0 unspecified atom stereocenters. The van der Waals surface area contributed by atoms with E-state index in [-0.39, 0.29) is 9.92 Å². The highest BCUT2D eigenvalue weighted by molar-refractivity contribution is 7.89. The molecule has 1 aliphatic rings. The summed E-state index contributed by atoms with van der Waals surface area (Å²) in [4.78, 5) is 3.97. The molecule has 3 rings (SSSR count). The first-order valence-corrected chi connectivity index (χ1v) is 8.64. The molecule has 2 aromatic rings. The molecule has 1 N–H and O–H groups in total. The van der Waals surface area contributed by atoms with Crippen molar-refractivity contribution in [1.82, 2.24) is 19.5 Å². The van der Waals surface area contributed by atoms with Crippen LogP contribution < -0.4 is 0 Å². The Kier molecular flexibility index (Phi) is 4.16. The molecule has 0 radical (unpaired) electrons. The van der Waals surface area contributed by atoms with Crippen molar-refractivity contribution in [3.8, 4) is 0 Å². The van der Waals surface area contributed by atoms with Crippen LogP contribution in [-0.4, -0.2) is 34.4 Å². The standard InChI is InChI=1S/C13H14ClFN4O2S/c14-10-7-9(15)4-5-12(10)22(20,21)19-6-2-1-3-11(19)13-16-8-17-18-13/h4-5,7-8,11H,1-3,6H2,(H,16,17,18)/t11-/m1/s1. The van der Waals surface area contributed by atoms with Crippen LogP contribution in [0.4, 0.5) is 4.39 Å². The first-order chi connectivity index (χ1) is 10.5. The van der Waals surface area contributed by atoms with Crippen LogP contribution in [0.3, 0.4) is 0 Å². The number of hydrogen-bond acceptors (Lipinski definition) is 4. The van der Waals surface area contributed by atoms with Gasteiger partial charge in [0.1, 0.15) is 22.9 Å². The summed E-state index contributed by atoms with van der Waals surface area (Å²) in [6, 6.07) is 2.87. The van der Waals surface area contributed by atoms with Crippen LogP contribution >= 0.6 is 11.6 Å². The van der Waals surface area contributed by atoms with Crippen molar-refractivity contribution in [2.45, 2.75) is 30.2 Å². The van der Waals surface area contributed by atoms with Crippen LogP contribution in [0, 0.1) is 5.82 Å². The maximum Gasteiger partial charge on any atom is 0.245 e. The molecule has 0 amide bonds. The molecule has 22 heavy (non-hydrogen) atoms. The maximum atomic E-state index is 13.2. The highest BCUT2D eigenvalue weighted by Crippen LogP contribution is 2.35. The summed E-state index contributed by atoms with van der Waals surface area (Å²) < 4.78 is 40.3. The third-order valence-electron chi connectivity index (χ3n) is 3.68. The minimum atomic E-state index is -3.84. The number of halogens is 2. The molecular formula is C13H14ClFN4O2S. The van der Waals surface area contributed by atoms with Gasteiger partial charge >= 0.3 is 0 Å². The zero-order chi connectivity index (χ0) is 15.7. The third-order valence-corrected chi connectivity index (χ3v) is 6.07. The van der Waals surface area contributed by atoms with Crippen molar-refractivity contribution in [2.75, 3.05) is 6.54 Å². The molecule has 2 heterocycles. The lowest BCUT2D eigenvalue weighted by molar-refractivity contribution is 0.247. The predicted molar refractivity (Wildman–Crippen MR) is 78.3 cm³/mol. The van der Waals surface area contributed by atoms with Gasteiger partial charge in [0.05, 0.1) is 11.1 Å². The monoisotopic (exact) mass is 344 g/mol. The van der Waals surface area contributed by atoms with E-state index in [4.69, 9.17) is 11.6 Å². The molecule has 1 fully saturated rings. The number of sulfonamides is 1. The summed E-state index contributed by atoms with van der Waals surface area (Å²) in [6.45, 7) is 0.363. The highest BCUT2D eigenvalue weighted by Gasteiger charge is 2.36. The van der Waals surface area contributed by atoms with Gasteiger partial charge in [0, 0.05) is 6.54 Å². The Morgan fingerprint density at radius 1 is 1.36 bits per heavy atom. The predicted octanol–water partition coefficient (Wildman–Crippen LogP) is 2.51. The van der Waals surface area contributed by atoms with E-state index in [2.05, 4.69) is 15.2 Å². The van der Waals surface area contributed by atoms with E-state index in [1.54, 1.807) is 0 Å². The molecule has 0 spiro atoms. The Morgan fingerprint density at radius 2 is 2.18 bits per heavy atom. The fraction of sp³-hybridized carbons (Fsp3) is 0.385. The maximum absolute atomic E-state index is 13.2. The van der Waals surface area contributed by atoms with Crippen LogP contribution in [0.5, 0.6) is 0 Å². The highest BCUT2D eigenvalue weighted by atomic mass is 35.5. The molecule has 6 nitrogen and oxygen atoms in total. The molecule has 1 aliphatic heterocycles. The number of benzene rings is 1. The number of aromatic amines is 1. The first kappa shape index (κ1) is 15.4. The molecule has 1 aromatic heterocycles. The zero-order valence-electron chi connectivity index (χ0n) is 11.5. The van der Waals surface area contributed by atoms with Crippen molar-refractivity contribution in [2.24, 2.45) is 0 Å². The Balaban J connectivity index is 2.02. The Labute approximate surface area is 132 Å². The Morgan fingerprint density at radius 3 is 2.86 bits per heavy atom. The second kappa shape index (κ2) is 5.94. The quantitative estimate of drug-likeness (QED) is 0.927. The number of hydrogen-bond donors (Lipinski definition) is 1. The van der Waals surface area contributed by atoms with E-state index in [1.165, 1.54) is 16.7 Å². The van der Waals surface area contributed by atoms with E-state index >= 15 is 0 Å². The topological polar surface area (TPSA) is 79.0 Å². The second-order valence-corrected chi connectivity index (χ2v) is 7.34. The van der Waals surface area contributed by atoms with E-state index < -0.39 is 21.9 Å². The van der Waals surface area contributed by atoms with Crippen LogP contribution in [0.1, 0.15) is 31.1 Å². The van der Waals surface area contributed by atoms with Crippen LogP contribution in [0.2, 0.25) is 5.02 Å². The molecule has 1 atom stereocenters. The van der Waals surface area contributed by atoms with Crippen molar-refractivity contribution >= 4 is 21.6 Å². The first-order valence-electron chi connectivity index (χ1n) is 6.82. The molecule has 0 aliphatic carbocycles. The summed E-state index contributed by atoms with van der Waals surface area (Å²) in [7, 11) is -3.84. The number of nitrogens with one attached hydrogen (secondary N) is 1. The van der Waals surface area contributed by atoms with Gasteiger partial charge in [0.15, 0.2) is 0 Å². The molecule has 9 heteroatoms. The van der Waals surface area contributed by atoms with Crippen molar-refractivity contribution in [3.63, 3.8) is 0 Å². The van der Waals surface area contributed by atoms with E-state index in [0.717, 1.165) is 25.0 Å². The van der Waals surface area contributed by atoms with Crippen molar-refractivity contribution in [3.05, 3.63) is 41.2 Å². The van der Waals surface area contributed by atoms with Gasteiger partial charge in [-0.15, -0.1) is 0 Å². The molecule has 0 bridgehead atoms. The van der Waals surface area contributed by atoms with Gasteiger partial charge in [-0.2, -0.15) is 9.40 Å². The van der Waals surface area contributed by atoms with E-state index in [1.807, 2.05) is 0 Å². The normalized spacial score (nSPS) is 20.2. The SMILES string of the molecule is O=S(=O)(c1ccc(F)cc1Cl)N1CCCC[C@@H]1c1ncn[nH]1. The van der Waals surface area contributed by atoms with Gasteiger partial charge in [-0.3, -0.25) is 5.10 Å². The van der Waals surface area contributed by atoms with E-state index in [9.17, 15) is 12.8 Å². The number of H-pyrrole nitrogens is 1. The van der Waals surface area contributed by atoms with Gasteiger partial charge < -0.3 is 0 Å². The molecule has 1 saturated heterocycles. The molecule has 0 saturated carbocycles. The van der Waals surface area contributed by atoms with Crippen molar-refractivity contribution in [1.29, 1.82) is 0 Å². The summed E-state index contributed by atoms with van der Waals surface area (Å²) in [5.74, 6) is -0.0733.